The lowest BCUT2D eigenvalue weighted by molar-refractivity contribution is -0.385. The first-order chi connectivity index (χ1) is 11.5. The van der Waals surface area contributed by atoms with E-state index in [9.17, 15) is 20.3 Å². The van der Waals surface area contributed by atoms with E-state index in [2.05, 4.69) is 15.5 Å². The van der Waals surface area contributed by atoms with Crippen LogP contribution in [0.25, 0.3) is 10.9 Å². The highest BCUT2D eigenvalue weighted by Gasteiger charge is 2.16. The molecule has 0 spiro atoms. The summed E-state index contributed by atoms with van der Waals surface area (Å²) in [7, 11) is 0. The van der Waals surface area contributed by atoms with Crippen molar-refractivity contribution in [3.05, 3.63) is 64.2 Å². The lowest BCUT2D eigenvalue weighted by Crippen LogP contribution is -1.95. The molecule has 0 amide bonds. The summed E-state index contributed by atoms with van der Waals surface area (Å²) >= 11 is 0. The zero-order chi connectivity index (χ0) is 17.1. The Balaban J connectivity index is 0.00000225. The normalized spacial score (nSPS) is 10.6. The average Bonchev–Trinajstić information content (AvgIpc) is 2.56. The van der Waals surface area contributed by atoms with E-state index in [4.69, 9.17) is 0 Å². The van der Waals surface area contributed by atoms with Crippen molar-refractivity contribution in [2.45, 2.75) is 0 Å². The number of anilines is 1. The van der Waals surface area contributed by atoms with Crippen LogP contribution in [0.2, 0.25) is 0 Å². The van der Waals surface area contributed by atoms with Gasteiger partial charge in [0, 0.05) is 23.1 Å². The van der Waals surface area contributed by atoms with Crippen LogP contribution < -0.4 is 5.43 Å². The number of phenolic OH excluding ortho intramolecular Hbond substituents is 2. The molecule has 2 aromatic carbocycles. The highest BCUT2D eigenvalue weighted by molar-refractivity contribution is 5.86. The number of nitrogens with zero attached hydrogens (tertiary/aromatic N) is 3. The molecular formula is C16H13ClN4O4. The molecule has 25 heavy (non-hydrogen) atoms. The SMILES string of the molecule is Cl.O=[N+]([O-])c1cc(/C=N/Nc2ccc3ccccc3n2)c(O)cc1O. The maximum atomic E-state index is 10.8. The quantitative estimate of drug-likeness (QED) is 0.372. The fourth-order valence-corrected chi connectivity index (χ4v) is 2.13. The molecule has 3 rings (SSSR count). The molecule has 0 fully saturated rings. The molecule has 0 bridgehead atoms. The van der Waals surface area contributed by atoms with Gasteiger partial charge in [-0.15, -0.1) is 12.4 Å². The van der Waals surface area contributed by atoms with Gasteiger partial charge in [-0.25, -0.2) is 4.98 Å². The number of pyridine rings is 1. The van der Waals surface area contributed by atoms with Gasteiger partial charge in [0.25, 0.3) is 0 Å². The summed E-state index contributed by atoms with van der Waals surface area (Å²) in [5.41, 5.74) is 3.06. The predicted molar refractivity (Wildman–Crippen MR) is 96.6 cm³/mol. The fourth-order valence-electron chi connectivity index (χ4n) is 2.13. The Morgan fingerprint density at radius 3 is 2.64 bits per heavy atom. The van der Waals surface area contributed by atoms with Crippen LogP contribution in [0, 0.1) is 10.1 Å². The second kappa shape index (κ2) is 7.45. The Morgan fingerprint density at radius 1 is 1.12 bits per heavy atom. The number of nitro groups is 1. The molecular weight excluding hydrogens is 348 g/mol. The maximum Gasteiger partial charge on any atom is 0.311 e. The van der Waals surface area contributed by atoms with E-state index < -0.39 is 16.4 Å². The minimum atomic E-state index is -0.746. The number of para-hydroxylation sites is 1. The van der Waals surface area contributed by atoms with Crippen LogP contribution in [-0.2, 0) is 0 Å². The standard InChI is InChI=1S/C16H12N4O4.ClH/c21-14-8-15(22)13(20(23)24)7-11(14)9-17-19-16-6-5-10-3-1-2-4-12(10)18-16;/h1-9,21-22H,(H,18,19);1H/b17-9+;. The smallest absolute Gasteiger partial charge is 0.311 e. The van der Waals surface area contributed by atoms with E-state index >= 15 is 0 Å². The zero-order valence-electron chi connectivity index (χ0n) is 12.7. The van der Waals surface area contributed by atoms with Gasteiger partial charge in [0.2, 0.25) is 0 Å². The van der Waals surface area contributed by atoms with Gasteiger partial charge in [-0.05, 0) is 18.2 Å². The molecule has 0 aliphatic rings. The molecule has 128 valence electrons. The van der Waals surface area contributed by atoms with E-state index in [1.807, 2.05) is 30.3 Å². The van der Waals surface area contributed by atoms with Crippen molar-refractivity contribution in [2.75, 3.05) is 5.43 Å². The van der Waals surface area contributed by atoms with Crippen LogP contribution in [0.4, 0.5) is 11.5 Å². The number of hydrogen-bond donors (Lipinski definition) is 3. The Labute approximate surface area is 148 Å². The fraction of sp³-hybridized carbons (Fsp3) is 0. The Morgan fingerprint density at radius 2 is 1.88 bits per heavy atom. The average molecular weight is 361 g/mol. The molecule has 0 unspecified atom stereocenters. The summed E-state index contributed by atoms with van der Waals surface area (Å²) in [6, 6.07) is 13.1. The van der Waals surface area contributed by atoms with Gasteiger partial charge >= 0.3 is 5.69 Å². The van der Waals surface area contributed by atoms with Gasteiger partial charge in [0.15, 0.2) is 5.75 Å². The number of halogens is 1. The molecule has 1 aromatic heterocycles. The highest BCUT2D eigenvalue weighted by Crippen LogP contribution is 2.32. The van der Waals surface area contributed by atoms with Crippen LogP contribution in [0.3, 0.4) is 0 Å². The lowest BCUT2D eigenvalue weighted by atomic mass is 10.2. The largest absolute Gasteiger partial charge is 0.507 e. The lowest BCUT2D eigenvalue weighted by Gasteiger charge is -2.03. The Kier molecular flexibility index (Phi) is 5.35. The molecule has 0 radical (unpaired) electrons. The van der Waals surface area contributed by atoms with Gasteiger partial charge in [0.05, 0.1) is 16.7 Å². The number of hydrazone groups is 1. The molecule has 1 heterocycles. The van der Waals surface area contributed by atoms with Crippen molar-refractivity contribution in [1.82, 2.24) is 4.98 Å². The van der Waals surface area contributed by atoms with E-state index in [0.717, 1.165) is 23.0 Å². The first kappa shape index (κ1) is 18.0. The predicted octanol–water partition coefficient (Wildman–Crippen LogP) is 3.42. The van der Waals surface area contributed by atoms with Crippen molar-refractivity contribution in [3.63, 3.8) is 0 Å². The van der Waals surface area contributed by atoms with E-state index in [0.29, 0.717) is 5.82 Å². The number of aromatic nitrogens is 1. The molecule has 0 aliphatic heterocycles. The van der Waals surface area contributed by atoms with Crippen LogP contribution in [0.1, 0.15) is 5.56 Å². The maximum absolute atomic E-state index is 10.8. The number of hydrogen-bond acceptors (Lipinski definition) is 7. The van der Waals surface area contributed by atoms with E-state index in [1.165, 1.54) is 6.21 Å². The second-order valence-corrected chi connectivity index (χ2v) is 4.92. The number of benzene rings is 2. The summed E-state index contributed by atoms with van der Waals surface area (Å²) in [4.78, 5) is 14.4. The van der Waals surface area contributed by atoms with Gasteiger partial charge in [-0.3, -0.25) is 15.5 Å². The minimum Gasteiger partial charge on any atom is -0.507 e. The summed E-state index contributed by atoms with van der Waals surface area (Å²) in [6.07, 6.45) is 1.21. The van der Waals surface area contributed by atoms with Crippen molar-refractivity contribution in [1.29, 1.82) is 0 Å². The number of rotatable bonds is 4. The van der Waals surface area contributed by atoms with E-state index in [-0.39, 0.29) is 23.7 Å². The second-order valence-electron chi connectivity index (χ2n) is 4.92. The molecule has 0 aliphatic carbocycles. The Hall–Kier alpha value is -3.39. The number of phenols is 2. The first-order valence-corrected chi connectivity index (χ1v) is 6.90. The van der Waals surface area contributed by atoms with Crippen molar-refractivity contribution < 1.29 is 15.1 Å². The van der Waals surface area contributed by atoms with Crippen molar-refractivity contribution >= 4 is 41.0 Å². The van der Waals surface area contributed by atoms with E-state index in [1.54, 1.807) is 6.07 Å². The third-order valence-electron chi connectivity index (χ3n) is 3.30. The third kappa shape index (κ3) is 3.93. The van der Waals surface area contributed by atoms with Gasteiger partial charge < -0.3 is 10.2 Å². The van der Waals surface area contributed by atoms with Gasteiger partial charge in [-0.2, -0.15) is 5.10 Å². The molecule has 3 aromatic rings. The summed E-state index contributed by atoms with van der Waals surface area (Å²) in [5, 5.41) is 34.8. The van der Waals surface area contributed by atoms with Crippen molar-refractivity contribution in [2.24, 2.45) is 5.10 Å². The first-order valence-electron chi connectivity index (χ1n) is 6.90. The summed E-state index contributed by atoms with van der Waals surface area (Å²) in [6.45, 7) is 0. The monoisotopic (exact) mass is 360 g/mol. The summed E-state index contributed by atoms with van der Waals surface area (Å²) in [5.74, 6) is -0.452. The molecule has 0 atom stereocenters. The van der Waals surface area contributed by atoms with Crippen molar-refractivity contribution in [3.8, 4) is 11.5 Å². The third-order valence-corrected chi connectivity index (χ3v) is 3.30. The highest BCUT2D eigenvalue weighted by atomic mass is 35.5. The number of nitro benzene ring substituents is 1. The molecule has 8 nitrogen and oxygen atoms in total. The minimum absolute atomic E-state index is 0. The number of aromatic hydroxyl groups is 2. The molecule has 3 N–H and O–H groups in total. The van der Waals surface area contributed by atoms with Crippen LogP contribution >= 0.6 is 12.4 Å². The molecule has 0 saturated carbocycles. The zero-order valence-corrected chi connectivity index (χ0v) is 13.5. The van der Waals surface area contributed by atoms with Crippen LogP contribution in [0.15, 0.2) is 53.6 Å². The van der Waals surface area contributed by atoms with Gasteiger partial charge in [0.1, 0.15) is 11.6 Å². The molecule has 9 heteroatoms. The number of fused-ring (bicyclic) bond motifs is 1. The topological polar surface area (TPSA) is 121 Å². The Bertz CT molecular complexity index is 962. The summed E-state index contributed by atoms with van der Waals surface area (Å²) < 4.78 is 0. The number of nitrogens with one attached hydrogen (secondary N) is 1. The van der Waals surface area contributed by atoms with Crippen LogP contribution in [-0.4, -0.2) is 26.3 Å². The molecule has 0 saturated heterocycles. The van der Waals surface area contributed by atoms with Gasteiger partial charge in [-0.1, -0.05) is 18.2 Å². The van der Waals surface area contributed by atoms with Crippen LogP contribution in [0.5, 0.6) is 11.5 Å².